The van der Waals surface area contributed by atoms with E-state index >= 15 is 0 Å². The second-order valence-electron chi connectivity index (χ2n) is 4.12. The Morgan fingerprint density at radius 2 is 2.19 bits per heavy atom. The third-order valence-corrected chi connectivity index (χ3v) is 5.33. The Morgan fingerprint density at radius 3 is 2.75 bits per heavy atom. The van der Waals surface area contributed by atoms with Crippen LogP contribution in [-0.4, -0.2) is 33.7 Å². The van der Waals surface area contributed by atoms with Crippen molar-refractivity contribution in [3.8, 4) is 0 Å². The topological polar surface area (TPSA) is 46.3 Å². The second kappa shape index (κ2) is 5.40. The molecule has 0 bridgehead atoms. The van der Waals surface area contributed by atoms with Crippen molar-refractivity contribution in [3.05, 3.63) is 21.4 Å². The number of nitrogens with zero attached hydrogens (tertiary/aromatic N) is 1. The lowest BCUT2D eigenvalue weighted by Gasteiger charge is -2.25. The minimum absolute atomic E-state index is 0.580. The van der Waals surface area contributed by atoms with Crippen LogP contribution < -0.4 is 5.73 Å². The van der Waals surface area contributed by atoms with Crippen LogP contribution in [0.4, 0.5) is 0 Å². The van der Waals surface area contributed by atoms with Crippen molar-refractivity contribution in [2.75, 3.05) is 24.6 Å². The van der Waals surface area contributed by atoms with Crippen molar-refractivity contribution in [2.45, 2.75) is 20.0 Å². The Morgan fingerprint density at radius 1 is 1.50 bits per heavy atom. The lowest BCUT2D eigenvalue weighted by atomic mass is 10.2. The highest BCUT2D eigenvalue weighted by Gasteiger charge is 2.16. The smallest absolute Gasteiger partial charge is 0.0363 e. The third kappa shape index (κ3) is 2.91. The molecule has 3 nitrogen and oxygen atoms in total. The number of rotatable bonds is 3. The van der Waals surface area contributed by atoms with Crippen molar-refractivity contribution >= 4 is 22.1 Å². The zero-order chi connectivity index (χ0) is 11.5. The summed E-state index contributed by atoms with van der Waals surface area (Å²) in [5.74, 6) is 1.65. The van der Waals surface area contributed by atoms with Crippen LogP contribution in [0.1, 0.15) is 15.3 Å². The van der Waals surface area contributed by atoms with Crippen LogP contribution in [0.3, 0.4) is 0 Å². The Balaban J connectivity index is 1.98. The maximum atomic E-state index is 11.2. The Labute approximate surface area is 103 Å². The molecule has 1 aliphatic heterocycles. The van der Waals surface area contributed by atoms with Crippen LogP contribution in [0.2, 0.25) is 0 Å². The Kier molecular flexibility index (Phi) is 4.13. The van der Waals surface area contributed by atoms with Crippen molar-refractivity contribution in [1.82, 2.24) is 4.90 Å². The van der Waals surface area contributed by atoms with E-state index in [1.165, 1.54) is 15.3 Å². The van der Waals surface area contributed by atoms with Gasteiger partial charge in [-0.1, -0.05) is 0 Å². The highest BCUT2D eigenvalue weighted by Crippen LogP contribution is 2.22. The Hall–Kier alpha value is -0.230. The van der Waals surface area contributed by atoms with Crippen molar-refractivity contribution in [3.63, 3.8) is 0 Å². The van der Waals surface area contributed by atoms with Gasteiger partial charge in [-0.05, 0) is 18.6 Å². The highest BCUT2D eigenvalue weighted by molar-refractivity contribution is 7.85. The van der Waals surface area contributed by atoms with Gasteiger partial charge in [0, 0.05) is 58.2 Å². The first-order chi connectivity index (χ1) is 7.69. The highest BCUT2D eigenvalue weighted by atomic mass is 32.2. The molecule has 2 N–H and O–H groups in total. The first-order valence-corrected chi connectivity index (χ1v) is 7.85. The molecule has 0 radical (unpaired) electrons. The van der Waals surface area contributed by atoms with E-state index in [2.05, 4.69) is 17.9 Å². The summed E-state index contributed by atoms with van der Waals surface area (Å²) in [7, 11) is -0.580. The van der Waals surface area contributed by atoms with E-state index in [4.69, 9.17) is 5.73 Å². The molecular formula is C11H18N2OS2. The number of hydrogen-bond acceptors (Lipinski definition) is 4. The summed E-state index contributed by atoms with van der Waals surface area (Å²) >= 11 is 1.79. The lowest BCUT2D eigenvalue weighted by Crippen LogP contribution is -2.37. The minimum atomic E-state index is -0.580. The zero-order valence-electron chi connectivity index (χ0n) is 9.57. The summed E-state index contributed by atoms with van der Waals surface area (Å²) in [6.45, 7) is 5.69. The molecule has 0 unspecified atom stereocenters. The summed E-state index contributed by atoms with van der Waals surface area (Å²) in [5.41, 5.74) is 7.03. The first-order valence-electron chi connectivity index (χ1n) is 5.54. The van der Waals surface area contributed by atoms with Crippen molar-refractivity contribution in [2.24, 2.45) is 5.73 Å². The van der Waals surface area contributed by atoms with E-state index in [0.717, 1.165) is 31.1 Å². The minimum Gasteiger partial charge on any atom is -0.326 e. The van der Waals surface area contributed by atoms with Gasteiger partial charge in [-0.3, -0.25) is 9.11 Å². The zero-order valence-corrected chi connectivity index (χ0v) is 11.2. The number of thiophene rings is 1. The van der Waals surface area contributed by atoms with E-state index < -0.39 is 10.8 Å². The van der Waals surface area contributed by atoms with Gasteiger partial charge in [0.2, 0.25) is 0 Å². The average molecular weight is 258 g/mol. The molecule has 5 heteroatoms. The molecule has 16 heavy (non-hydrogen) atoms. The average Bonchev–Trinajstić information content (AvgIpc) is 2.63. The second-order valence-corrected chi connectivity index (χ2v) is 7.16. The molecule has 1 aromatic rings. The van der Waals surface area contributed by atoms with Gasteiger partial charge in [0.1, 0.15) is 0 Å². The molecule has 0 saturated carbocycles. The lowest BCUT2D eigenvalue weighted by molar-refractivity contribution is 0.291. The molecule has 0 aliphatic carbocycles. The molecule has 2 heterocycles. The maximum absolute atomic E-state index is 11.2. The molecule has 1 aromatic heterocycles. The van der Waals surface area contributed by atoms with Gasteiger partial charge in [-0.25, -0.2) is 0 Å². The summed E-state index contributed by atoms with van der Waals surface area (Å²) in [6.07, 6.45) is 0. The molecule has 1 fully saturated rings. The molecule has 0 amide bonds. The number of aryl methyl sites for hydroxylation is 1. The van der Waals surface area contributed by atoms with Crippen LogP contribution in [0.5, 0.6) is 0 Å². The molecule has 0 spiro atoms. The standard InChI is InChI=1S/C11H18N2OS2/c1-9-10(6-11(7-12)15-9)8-13-2-4-16(14)5-3-13/h6H,2-5,7-8,12H2,1H3. The van der Waals surface area contributed by atoms with Crippen LogP contribution >= 0.6 is 11.3 Å². The molecule has 90 valence electrons. The molecule has 2 rings (SSSR count). The van der Waals surface area contributed by atoms with Crippen LogP contribution in [0.15, 0.2) is 6.07 Å². The number of hydrogen-bond donors (Lipinski definition) is 1. The fourth-order valence-electron chi connectivity index (χ4n) is 1.92. The van der Waals surface area contributed by atoms with Crippen LogP contribution in [0, 0.1) is 6.92 Å². The molecular weight excluding hydrogens is 240 g/mol. The van der Waals surface area contributed by atoms with Gasteiger partial charge in [-0.15, -0.1) is 11.3 Å². The molecule has 0 atom stereocenters. The summed E-state index contributed by atoms with van der Waals surface area (Å²) in [5, 5.41) is 0. The summed E-state index contributed by atoms with van der Waals surface area (Å²) in [4.78, 5) is 5.01. The van der Waals surface area contributed by atoms with Crippen molar-refractivity contribution < 1.29 is 4.21 Å². The maximum Gasteiger partial charge on any atom is 0.0363 e. The normalized spacial score (nSPS) is 19.1. The van der Waals surface area contributed by atoms with Gasteiger partial charge >= 0.3 is 0 Å². The van der Waals surface area contributed by atoms with Gasteiger partial charge in [0.05, 0.1) is 0 Å². The molecule has 1 aliphatic rings. The Bertz CT molecular complexity index is 379. The quantitative estimate of drug-likeness (QED) is 0.882. The van der Waals surface area contributed by atoms with Crippen molar-refractivity contribution in [1.29, 1.82) is 0 Å². The van der Waals surface area contributed by atoms with Crippen LogP contribution in [0.25, 0.3) is 0 Å². The van der Waals surface area contributed by atoms with Gasteiger partial charge in [0.15, 0.2) is 0 Å². The SMILES string of the molecule is Cc1sc(CN)cc1CN1CCS(=O)CC1. The monoisotopic (exact) mass is 258 g/mol. The third-order valence-electron chi connectivity index (χ3n) is 2.94. The largest absolute Gasteiger partial charge is 0.326 e. The predicted octanol–water partition coefficient (Wildman–Crippen LogP) is 1.08. The fraction of sp³-hybridized carbons (Fsp3) is 0.636. The van der Waals surface area contributed by atoms with Crippen LogP contribution in [-0.2, 0) is 23.9 Å². The van der Waals surface area contributed by atoms with Gasteiger partial charge in [-0.2, -0.15) is 0 Å². The van der Waals surface area contributed by atoms with E-state index in [1.807, 2.05) is 0 Å². The summed E-state index contributed by atoms with van der Waals surface area (Å²) in [6, 6.07) is 2.21. The van der Waals surface area contributed by atoms with E-state index in [-0.39, 0.29) is 0 Å². The number of nitrogens with two attached hydrogens (primary N) is 1. The van der Waals surface area contributed by atoms with Gasteiger partial charge in [0.25, 0.3) is 0 Å². The first kappa shape index (κ1) is 12.2. The van der Waals surface area contributed by atoms with E-state index in [0.29, 0.717) is 6.54 Å². The van der Waals surface area contributed by atoms with Gasteiger partial charge < -0.3 is 5.73 Å². The molecule has 1 saturated heterocycles. The summed E-state index contributed by atoms with van der Waals surface area (Å²) < 4.78 is 11.2. The van der Waals surface area contributed by atoms with E-state index in [9.17, 15) is 4.21 Å². The van der Waals surface area contributed by atoms with E-state index in [1.54, 1.807) is 11.3 Å². The predicted molar refractivity (Wildman–Crippen MR) is 70.1 cm³/mol. The fourth-order valence-corrected chi connectivity index (χ4v) is 3.98. The molecule has 0 aromatic carbocycles.